The van der Waals surface area contributed by atoms with Crippen LogP contribution in [-0.4, -0.2) is 42.3 Å². The average Bonchev–Trinajstić information content (AvgIpc) is 2.91. The van der Waals surface area contributed by atoms with Gasteiger partial charge in [-0.1, -0.05) is 11.6 Å². The first-order valence-corrected chi connectivity index (χ1v) is 8.17. The first-order valence-electron chi connectivity index (χ1n) is 7.00. The number of ether oxygens (including phenoxy) is 2. The number of rotatable bonds is 5. The van der Waals surface area contributed by atoms with Gasteiger partial charge in [-0.15, -0.1) is 0 Å². The Kier molecular flexibility index (Phi) is 5.36. The van der Waals surface area contributed by atoms with Crippen molar-refractivity contribution in [3.63, 3.8) is 0 Å². The molecule has 0 bridgehead atoms. The van der Waals surface area contributed by atoms with Crippen LogP contribution >= 0.6 is 27.5 Å². The van der Waals surface area contributed by atoms with Crippen molar-refractivity contribution >= 4 is 27.5 Å². The van der Waals surface area contributed by atoms with Gasteiger partial charge in [-0.2, -0.15) is 0 Å². The highest BCUT2D eigenvalue weighted by molar-refractivity contribution is 9.10. The molecule has 3 heterocycles. The van der Waals surface area contributed by atoms with Gasteiger partial charge in [0.05, 0.1) is 24.4 Å². The minimum atomic E-state index is 0.0196. The highest BCUT2D eigenvalue weighted by Gasteiger charge is 2.22. The van der Waals surface area contributed by atoms with Crippen LogP contribution in [0.2, 0.25) is 5.02 Å². The third-order valence-corrected chi connectivity index (χ3v) is 3.98. The summed E-state index contributed by atoms with van der Waals surface area (Å²) in [4.78, 5) is 6.29. The fourth-order valence-corrected chi connectivity index (χ4v) is 2.85. The van der Waals surface area contributed by atoms with E-state index in [2.05, 4.69) is 25.8 Å². The lowest BCUT2D eigenvalue weighted by Gasteiger charge is -2.32. The Bertz CT molecular complexity index is 622. The molecule has 0 N–H and O–H groups in total. The summed E-state index contributed by atoms with van der Waals surface area (Å²) in [5.41, 5.74) is 0. The van der Waals surface area contributed by atoms with Gasteiger partial charge in [0.2, 0.25) is 0 Å². The van der Waals surface area contributed by atoms with Gasteiger partial charge in [0.25, 0.3) is 0 Å². The number of pyridine rings is 1. The van der Waals surface area contributed by atoms with Crippen molar-refractivity contribution in [2.45, 2.75) is 12.6 Å². The SMILES string of the molecule is Clc1cncc(OCC2CN(Cc3ccc(Br)o3)CCO2)c1. The first-order chi connectivity index (χ1) is 10.7. The summed E-state index contributed by atoms with van der Waals surface area (Å²) < 4.78 is 17.7. The molecule has 0 spiro atoms. The minimum Gasteiger partial charge on any atom is -0.489 e. The Morgan fingerprint density at radius 3 is 3.09 bits per heavy atom. The van der Waals surface area contributed by atoms with E-state index in [0.717, 1.165) is 30.1 Å². The number of aromatic nitrogens is 1. The molecule has 22 heavy (non-hydrogen) atoms. The zero-order chi connectivity index (χ0) is 15.4. The Balaban J connectivity index is 1.50. The van der Waals surface area contributed by atoms with E-state index < -0.39 is 0 Å². The molecule has 1 aliphatic heterocycles. The molecule has 0 radical (unpaired) electrons. The number of furan rings is 1. The summed E-state index contributed by atoms with van der Waals surface area (Å²) in [7, 11) is 0. The molecule has 3 rings (SSSR count). The van der Waals surface area contributed by atoms with Crippen LogP contribution < -0.4 is 4.74 Å². The van der Waals surface area contributed by atoms with Gasteiger partial charge < -0.3 is 13.9 Å². The van der Waals surface area contributed by atoms with Crippen molar-refractivity contribution in [2.24, 2.45) is 0 Å². The average molecular weight is 388 g/mol. The van der Waals surface area contributed by atoms with Gasteiger partial charge in [0, 0.05) is 25.4 Å². The predicted molar refractivity (Wildman–Crippen MR) is 86.2 cm³/mol. The van der Waals surface area contributed by atoms with Crippen LogP contribution in [0.3, 0.4) is 0 Å². The van der Waals surface area contributed by atoms with Crippen molar-refractivity contribution in [2.75, 3.05) is 26.3 Å². The van der Waals surface area contributed by atoms with Crippen molar-refractivity contribution in [1.29, 1.82) is 0 Å². The molecule has 1 fully saturated rings. The van der Waals surface area contributed by atoms with E-state index in [9.17, 15) is 0 Å². The molecule has 2 aromatic rings. The minimum absolute atomic E-state index is 0.0196. The molecule has 0 aromatic carbocycles. The lowest BCUT2D eigenvalue weighted by Crippen LogP contribution is -2.44. The van der Waals surface area contributed by atoms with Crippen molar-refractivity contribution in [3.05, 3.63) is 46.0 Å². The zero-order valence-electron chi connectivity index (χ0n) is 11.9. The van der Waals surface area contributed by atoms with Crippen molar-refractivity contribution in [1.82, 2.24) is 9.88 Å². The van der Waals surface area contributed by atoms with Gasteiger partial charge in [0.15, 0.2) is 4.67 Å². The maximum absolute atomic E-state index is 5.89. The van der Waals surface area contributed by atoms with Crippen LogP contribution in [0.15, 0.2) is 39.7 Å². The molecule has 1 saturated heterocycles. The zero-order valence-corrected chi connectivity index (χ0v) is 14.2. The normalized spacial score (nSPS) is 19.3. The van der Waals surface area contributed by atoms with Crippen LogP contribution in [0.5, 0.6) is 5.75 Å². The van der Waals surface area contributed by atoms with E-state index in [4.69, 9.17) is 25.5 Å². The molecule has 1 unspecified atom stereocenters. The molecule has 118 valence electrons. The summed E-state index contributed by atoms with van der Waals surface area (Å²) >= 11 is 9.20. The Hall–Kier alpha value is -1.08. The molecular weight excluding hydrogens is 372 g/mol. The summed E-state index contributed by atoms with van der Waals surface area (Å²) in [5, 5.41) is 0.562. The summed E-state index contributed by atoms with van der Waals surface area (Å²) in [6.07, 6.45) is 3.24. The van der Waals surface area contributed by atoms with Crippen molar-refractivity contribution < 1.29 is 13.9 Å². The topological polar surface area (TPSA) is 47.7 Å². The number of hydrogen-bond acceptors (Lipinski definition) is 5. The molecular formula is C15H16BrClN2O3. The van der Waals surface area contributed by atoms with Gasteiger partial charge in [-0.3, -0.25) is 9.88 Å². The second-order valence-electron chi connectivity index (χ2n) is 5.08. The van der Waals surface area contributed by atoms with Crippen LogP contribution in [0.4, 0.5) is 0 Å². The molecule has 7 heteroatoms. The number of halogens is 2. The largest absolute Gasteiger partial charge is 0.489 e. The second-order valence-corrected chi connectivity index (χ2v) is 6.30. The monoisotopic (exact) mass is 386 g/mol. The smallest absolute Gasteiger partial charge is 0.169 e. The van der Waals surface area contributed by atoms with Crippen LogP contribution in [0, 0.1) is 0 Å². The van der Waals surface area contributed by atoms with Crippen LogP contribution in [0.1, 0.15) is 5.76 Å². The molecule has 5 nitrogen and oxygen atoms in total. The highest BCUT2D eigenvalue weighted by atomic mass is 79.9. The van der Waals surface area contributed by atoms with E-state index in [-0.39, 0.29) is 6.10 Å². The quantitative estimate of drug-likeness (QED) is 0.787. The lowest BCUT2D eigenvalue weighted by molar-refractivity contribution is -0.0519. The van der Waals surface area contributed by atoms with Gasteiger partial charge in [-0.05, 0) is 28.1 Å². The number of morpholine rings is 1. The summed E-state index contributed by atoms with van der Waals surface area (Å²) in [6, 6.07) is 5.63. The predicted octanol–water partition coefficient (Wildman–Crippen LogP) is 3.37. The van der Waals surface area contributed by atoms with E-state index >= 15 is 0 Å². The maximum atomic E-state index is 5.89. The van der Waals surface area contributed by atoms with E-state index in [1.54, 1.807) is 18.5 Å². The summed E-state index contributed by atoms with van der Waals surface area (Å²) in [5.74, 6) is 1.59. The molecule has 0 aliphatic carbocycles. The van der Waals surface area contributed by atoms with Crippen LogP contribution in [-0.2, 0) is 11.3 Å². The van der Waals surface area contributed by atoms with Gasteiger partial charge in [0.1, 0.15) is 24.2 Å². The van der Waals surface area contributed by atoms with E-state index in [0.29, 0.717) is 24.0 Å². The fourth-order valence-electron chi connectivity index (χ4n) is 2.34. The molecule has 2 aromatic heterocycles. The second kappa shape index (κ2) is 7.46. The lowest BCUT2D eigenvalue weighted by atomic mass is 10.2. The molecule has 1 atom stereocenters. The number of hydrogen-bond donors (Lipinski definition) is 0. The molecule has 1 aliphatic rings. The van der Waals surface area contributed by atoms with Crippen LogP contribution in [0.25, 0.3) is 0 Å². The fraction of sp³-hybridized carbons (Fsp3) is 0.400. The third kappa shape index (κ3) is 4.46. The third-order valence-electron chi connectivity index (χ3n) is 3.35. The Labute approximate surface area is 142 Å². The standard InChI is InChI=1S/C15H16BrClN2O3/c16-15-2-1-12(22-15)8-19-3-4-20-14(9-19)10-21-13-5-11(17)6-18-7-13/h1-2,5-7,14H,3-4,8-10H2. The Morgan fingerprint density at radius 1 is 1.41 bits per heavy atom. The van der Waals surface area contributed by atoms with Gasteiger partial charge >= 0.3 is 0 Å². The maximum Gasteiger partial charge on any atom is 0.169 e. The summed E-state index contributed by atoms with van der Waals surface area (Å²) in [6.45, 7) is 3.61. The highest BCUT2D eigenvalue weighted by Crippen LogP contribution is 2.18. The first kappa shape index (κ1) is 15.8. The van der Waals surface area contributed by atoms with Crippen molar-refractivity contribution in [3.8, 4) is 5.75 Å². The Morgan fingerprint density at radius 2 is 2.32 bits per heavy atom. The van der Waals surface area contributed by atoms with Gasteiger partial charge in [-0.25, -0.2) is 0 Å². The molecule has 0 saturated carbocycles. The van der Waals surface area contributed by atoms with E-state index in [1.165, 1.54) is 0 Å². The number of nitrogens with zero attached hydrogens (tertiary/aromatic N) is 2. The van der Waals surface area contributed by atoms with E-state index in [1.807, 2.05) is 12.1 Å². The molecule has 0 amide bonds.